The van der Waals surface area contributed by atoms with Crippen LogP contribution in [0.2, 0.25) is 0 Å². The second-order valence-corrected chi connectivity index (χ2v) is 5.12. The fourth-order valence-corrected chi connectivity index (χ4v) is 1.59. The Labute approximate surface area is 116 Å². The summed E-state index contributed by atoms with van der Waals surface area (Å²) in [5.41, 5.74) is 0. The first-order valence-corrected chi connectivity index (χ1v) is 7.27. The molecule has 108 valence electrons. The molecule has 0 unspecified atom stereocenters. The van der Waals surface area contributed by atoms with Crippen molar-refractivity contribution in [2.75, 3.05) is 19.6 Å². The summed E-state index contributed by atoms with van der Waals surface area (Å²) in [5, 5.41) is 6.72. The molecule has 0 radical (unpaired) electrons. The van der Waals surface area contributed by atoms with Crippen molar-refractivity contribution in [3.8, 4) is 0 Å². The van der Waals surface area contributed by atoms with Gasteiger partial charge in [-0.05, 0) is 24.5 Å². The van der Waals surface area contributed by atoms with Gasteiger partial charge in [-0.2, -0.15) is 0 Å². The van der Waals surface area contributed by atoms with Crippen molar-refractivity contribution in [1.29, 1.82) is 0 Å². The first-order chi connectivity index (χ1) is 9.22. The third-order valence-electron chi connectivity index (χ3n) is 2.68. The maximum Gasteiger partial charge on any atom is 0.191 e. The first-order valence-electron chi connectivity index (χ1n) is 7.27. The van der Waals surface area contributed by atoms with E-state index in [2.05, 4.69) is 36.4 Å². The molecule has 0 fully saturated rings. The zero-order valence-electron chi connectivity index (χ0n) is 12.4. The predicted octanol–water partition coefficient (Wildman–Crippen LogP) is 2.81. The van der Waals surface area contributed by atoms with E-state index in [1.54, 1.807) is 6.26 Å². The minimum Gasteiger partial charge on any atom is -0.469 e. The number of nitrogens with one attached hydrogen (secondary N) is 2. The molecule has 0 aliphatic rings. The van der Waals surface area contributed by atoms with Gasteiger partial charge in [0.05, 0.1) is 6.26 Å². The Hall–Kier alpha value is -1.45. The molecule has 1 heterocycles. The second-order valence-electron chi connectivity index (χ2n) is 5.12. The van der Waals surface area contributed by atoms with Crippen molar-refractivity contribution in [1.82, 2.24) is 10.6 Å². The molecule has 0 amide bonds. The lowest BCUT2D eigenvalue weighted by molar-refractivity contribution is 0.506. The maximum atomic E-state index is 5.31. The SMILES string of the molecule is CCCCNC(=NCC(C)C)NCCc1ccco1. The highest BCUT2D eigenvalue weighted by Gasteiger charge is 2.00. The summed E-state index contributed by atoms with van der Waals surface area (Å²) in [6, 6.07) is 3.92. The number of aliphatic imine (C=N–C) groups is 1. The van der Waals surface area contributed by atoms with Crippen LogP contribution in [0.5, 0.6) is 0 Å². The lowest BCUT2D eigenvalue weighted by atomic mass is 10.2. The molecule has 0 spiro atoms. The number of hydrogen-bond acceptors (Lipinski definition) is 2. The normalized spacial score (nSPS) is 11.9. The molecule has 1 aromatic rings. The Morgan fingerprint density at radius 1 is 1.32 bits per heavy atom. The van der Waals surface area contributed by atoms with Gasteiger partial charge in [-0.3, -0.25) is 4.99 Å². The molecule has 0 aliphatic heterocycles. The average molecular weight is 265 g/mol. The van der Waals surface area contributed by atoms with Crippen LogP contribution in [0.15, 0.2) is 27.8 Å². The highest BCUT2D eigenvalue weighted by Crippen LogP contribution is 1.99. The third kappa shape index (κ3) is 7.54. The predicted molar refractivity (Wildman–Crippen MR) is 80.5 cm³/mol. The molecule has 0 aromatic carbocycles. The van der Waals surface area contributed by atoms with Crippen molar-refractivity contribution in [3.05, 3.63) is 24.2 Å². The van der Waals surface area contributed by atoms with Crippen LogP contribution in [0.4, 0.5) is 0 Å². The minimum atomic E-state index is 0.579. The molecule has 0 saturated heterocycles. The zero-order valence-corrected chi connectivity index (χ0v) is 12.4. The van der Waals surface area contributed by atoms with Gasteiger partial charge in [0.1, 0.15) is 5.76 Å². The third-order valence-corrected chi connectivity index (χ3v) is 2.68. The van der Waals surface area contributed by atoms with E-state index in [4.69, 9.17) is 4.42 Å². The molecule has 0 aliphatic carbocycles. The summed E-state index contributed by atoms with van der Waals surface area (Å²) in [4.78, 5) is 4.58. The molecule has 0 bridgehead atoms. The van der Waals surface area contributed by atoms with E-state index >= 15 is 0 Å². The first kappa shape index (κ1) is 15.6. The quantitative estimate of drug-likeness (QED) is 0.432. The molecule has 19 heavy (non-hydrogen) atoms. The highest BCUT2D eigenvalue weighted by molar-refractivity contribution is 5.79. The van der Waals surface area contributed by atoms with Gasteiger partial charge in [0.2, 0.25) is 0 Å². The van der Waals surface area contributed by atoms with Crippen LogP contribution >= 0.6 is 0 Å². The fraction of sp³-hybridized carbons (Fsp3) is 0.667. The molecule has 0 atom stereocenters. The van der Waals surface area contributed by atoms with Crippen LogP contribution in [-0.4, -0.2) is 25.6 Å². The highest BCUT2D eigenvalue weighted by atomic mass is 16.3. The van der Waals surface area contributed by atoms with E-state index in [9.17, 15) is 0 Å². The van der Waals surface area contributed by atoms with Gasteiger partial charge in [0, 0.05) is 26.1 Å². The smallest absolute Gasteiger partial charge is 0.191 e. The molecule has 1 aromatic heterocycles. The van der Waals surface area contributed by atoms with E-state index in [1.165, 1.54) is 12.8 Å². The number of hydrogen-bond donors (Lipinski definition) is 2. The van der Waals surface area contributed by atoms with Crippen LogP contribution in [0.3, 0.4) is 0 Å². The topological polar surface area (TPSA) is 49.6 Å². The Balaban J connectivity index is 2.32. The summed E-state index contributed by atoms with van der Waals surface area (Å²) in [5.74, 6) is 2.49. The van der Waals surface area contributed by atoms with Gasteiger partial charge in [-0.1, -0.05) is 27.2 Å². The Morgan fingerprint density at radius 3 is 2.74 bits per heavy atom. The van der Waals surface area contributed by atoms with E-state index < -0.39 is 0 Å². The largest absolute Gasteiger partial charge is 0.469 e. The summed E-state index contributed by atoms with van der Waals surface area (Å²) < 4.78 is 5.31. The van der Waals surface area contributed by atoms with E-state index in [-0.39, 0.29) is 0 Å². The van der Waals surface area contributed by atoms with Crippen molar-refractivity contribution in [2.24, 2.45) is 10.9 Å². The van der Waals surface area contributed by atoms with Gasteiger partial charge in [-0.25, -0.2) is 0 Å². The van der Waals surface area contributed by atoms with E-state index in [0.29, 0.717) is 5.92 Å². The summed E-state index contributed by atoms with van der Waals surface area (Å²) >= 11 is 0. The van der Waals surface area contributed by atoms with Crippen LogP contribution in [0.25, 0.3) is 0 Å². The van der Waals surface area contributed by atoms with Crippen molar-refractivity contribution >= 4 is 5.96 Å². The fourth-order valence-electron chi connectivity index (χ4n) is 1.59. The Kier molecular flexibility index (Phi) is 7.78. The lowest BCUT2D eigenvalue weighted by Crippen LogP contribution is -2.39. The number of rotatable bonds is 8. The average Bonchev–Trinajstić information content (AvgIpc) is 2.88. The number of guanidine groups is 1. The van der Waals surface area contributed by atoms with E-state index in [0.717, 1.165) is 37.8 Å². The Morgan fingerprint density at radius 2 is 2.11 bits per heavy atom. The molecule has 0 saturated carbocycles. The zero-order chi connectivity index (χ0) is 13.9. The van der Waals surface area contributed by atoms with Crippen LogP contribution < -0.4 is 10.6 Å². The van der Waals surface area contributed by atoms with Crippen LogP contribution in [0.1, 0.15) is 39.4 Å². The lowest BCUT2D eigenvalue weighted by Gasteiger charge is -2.12. The van der Waals surface area contributed by atoms with Gasteiger partial charge in [-0.15, -0.1) is 0 Å². The molecular weight excluding hydrogens is 238 g/mol. The van der Waals surface area contributed by atoms with Gasteiger partial charge < -0.3 is 15.1 Å². The molecule has 2 N–H and O–H groups in total. The van der Waals surface area contributed by atoms with Crippen molar-refractivity contribution in [3.63, 3.8) is 0 Å². The maximum absolute atomic E-state index is 5.31. The molecule has 4 heteroatoms. The van der Waals surface area contributed by atoms with Crippen LogP contribution in [0, 0.1) is 5.92 Å². The monoisotopic (exact) mass is 265 g/mol. The molecule has 1 rings (SSSR count). The Bertz CT molecular complexity index is 344. The summed E-state index contributed by atoms with van der Waals surface area (Å²) in [6.07, 6.45) is 4.95. The summed E-state index contributed by atoms with van der Waals surface area (Å²) in [7, 11) is 0. The van der Waals surface area contributed by atoms with Gasteiger partial charge >= 0.3 is 0 Å². The number of nitrogens with zero attached hydrogens (tertiary/aromatic N) is 1. The summed E-state index contributed by atoms with van der Waals surface area (Å²) in [6.45, 7) is 9.20. The number of furan rings is 1. The van der Waals surface area contributed by atoms with Crippen molar-refractivity contribution < 1.29 is 4.42 Å². The van der Waals surface area contributed by atoms with E-state index in [1.807, 2.05) is 12.1 Å². The van der Waals surface area contributed by atoms with Gasteiger partial charge in [0.15, 0.2) is 5.96 Å². The molecule has 4 nitrogen and oxygen atoms in total. The standard InChI is InChI=1S/C15H27N3O/c1-4-5-9-16-15(18-12-13(2)3)17-10-8-14-7-6-11-19-14/h6-7,11,13H,4-5,8-10,12H2,1-3H3,(H2,16,17,18). The molecular formula is C15H27N3O. The minimum absolute atomic E-state index is 0.579. The van der Waals surface area contributed by atoms with Gasteiger partial charge in [0.25, 0.3) is 0 Å². The number of unbranched alkanes of at least 4 members (excludes halogenated alkanes) is 1. The second kappa shape index (κ2) is 9.48. The van der Waals surface area contributed by atoms with Crippen LogP contribution in [-0.2, 0) is 6.42 Å². The van der Waals surface area contributed by atoms with Crippen molar-refractivity contribution in [2.45, 2.75) is 40.0 Å².